The van der Waals surface area contributed by atoms with Gasteiger partial charge in [-0.1, -0.05) is 18.2 Å². The van der Waals surface area contributed by atoms with Crippen molar-refractivity contribution in [1.82, 2.24) is 4.98 Å². The van der Waals surface area contributed by atoms with Crippen molar-refractivity contribution in [2.45, 2.75) is 19.4 Å². The van der Waals surface area contributed by atoms with Gasteiger partial charge in [-0.2, -0.15) is 0 Å². The van der Waals surface area contributed by atoms with Crippen LogP contribution in [0.2, 0.25) is 0 Å². The highest BCUT2D eigenvalue weighted by Gasteiger charge is 2.31. The fourth-order valence-corrected chi connectivity index (χ4v) is 3.40. The number of carbonyl (C=O) groups excluding carboxylic acids is 1. The van der Waals surface area contributed by atoms with E-state index in [4.69, 9.17) is 0 Å². The molecular weight excluding hydrogens is 367 g/mol. The Morgan fingerprint density at radius 1 is 1.11 bits per heavy atom. The van der Waals surface area contributed by atoms with Gasteiger partial charge in [-0.15, -0.1) is 0 Å². The second-order valence-electron chi connectivity index (χ2n) is 6.63. The normalized spacial score (nSPS) is 15.4. The number of amides is 1. The second kappa shape index (κ2) is 6.99. The quantitative estimate of drug-likeness (QED) is 0.659. The maximum atomic E-state index is 13.9. The van der Waals surface area contributed by atoms with Gasteiger partial charge in [0.15, 0.2) is 17.5 Å². The highest BCUT2D eigenvalue weighted by atomic mass is 19.2. The van der Waals surface area contributed by atoms with E-state index in [1.807, 2.05) is 31.2 Å². The molecule has 1 aliphatic heterocycles. The predicted molar refractivity (Wildman–Crippen MR) is 100 cm³/mol. The number of halogens is 3. The van der Waals surface area contributed by atoms with Crippen molar-refractivity contribution in [3.05, 3.63) is 83.4 Å². The fraction of sp³-hybridized carbons (Fsp3) is 0.143. The number of hydrogen-bond donors (Lipinski definition) is 1. The number of rotatable bonds is 3. The summed E-state index contributed by atoms with van der Waals surface area (Å²) >= 11 is 0. The van der Waals surface area contributed by atoms with Crippen LogP contribution >= 0.6 is 0 Å². The summed E-state index contributed by atoms with van der Waals surface area (Å²) < 4.78 is 40.4. The summed E-state index contributed by atoms with van der Waals surface area (Å²) in [6.45, 7) is 1.96. The Hall–Kier alpha value is -3.35. The van der Waals surface area contributed by atoms with Crippen molar-refractivity contribution in [2.75, 3.05) is 10.2 Å². The number of hydrogen-bond acceptors (Lipinski definition) is 3. The fourth-order valence-electron chi connectivity index (χ4n) is 3.40. The third kappa shape index (κ3) is 3.09. The molecule has 3 aromatic rings. The van der Waals surface area contributed by atoms with Crippen molar-refractivity contribution >= 4 is 23.0 Å². The molecule has 1 N–H and O–H groups in total. The molecular formula is C21H16F3N3O. The molecule has 0 spiro atoms. The summed E-state index contributed by atoms with van der Waals surface area (Å²) in [5.41, 5.74) is 2.19. The van der Waals surface area contributed by atoms with Crippen LogP contribution in [0.3, 0.4) is 0 Å². The summed E-state index contributed by atoms with van der Waals surface area (Å²) in [6, 6.07) is 12.5. The van der Waals surface area contributed by atoms with Crippen LogP contribution in [-0.4, -0.2) is 16.9 Å². The number of fused-ring (bicyclic) bond motifs is 1. The molecule has 1 aliphatic rings. The van der Waals surface area contributed by atoms with Gasteiger partial charge in [0.2, 0.25) is 0 Å². The van der Waals surface area contributed by atoms with Crippen LogP contribution in [0.4, 0.5) is 30.2 Å². The van der Waals surface area contributed by atoms with E-state index in [2.05, 4.69) is 10.3 Å². The lowest BCUT2D eigenvalue weighted by molar-refractivity contribution is 0.0976. The zero-order valence-corrected chi connectivity index (χ0v) is 14.9. The Kier molecular flexibility index (Phi) is 4.50. The van der Waals surface area contributed by atoms with Crippen LogP contribution in [0.1, 0.15) is 23.0 Å². The van der Waals surface area contributed by atoms with Crippen LogP contribution in [0.15, 0.2) is 54.7 Å². The Morgan fingerprint density at radius 2 is 1.89 bits per heavy atom. The molecule has 0 fully saturated rings. The molecule has 28 heavy (non-hydrogen) atoms. The standard InChI is InChI=1S/C21H16F3N3O/c1-12-10-13-4-2-3-5-18(13)27(12)21(28)17-11-14(8-9-25-17)26-16-7-6-15(22)19(23)20(16)24/h2-9,11-12H,10H2,1H3,(H,25,26). The predicted octanol–water partition coefficient (Wildman–Crippen LogP) is 4.83. The van der Waals surface area contributed by atoms with Gasteiger partial charge in [-0.05, 0) is 49.2 Å². The van der Waals surface area contributed by atoms with Crippen LogP contribution < -0.4 is 10.2 Å². The van der Waals surface area contributed by atoms with Crippen LogP contribution in [0.25, 0.3) is 0 Å². The van der Waals surface area contributed by atoms with Gasteiger partial charge < -0.3 is 10.2 Å². The third-order valence-corrected chi connectivity index (χ3v) is 4.72. The van der Waals surface area contributed by atoms with Gasteiger partial charge in [-0.3, -0.25) is 9.78 Å². The molecule has 2 aromatic carbocycles. The van der Waals surface area contributed by atoms with E-state index in [0.29, 0.717) is 5.69 Å². The van der Waals surface area contributed by atoms with E-state index in [1.54, 1.807) is 4.90 Å². The molecule has 1 atom stereocenters. The topological polar surface area (TPSA) is 45.2 Å². The number of carbonyl (C=O) groups is 1. The smallest absolute Gasteiger partial charge is 0.277 e. The Balaban J connectivity index is 1.63. The minimum Gasteiger partial charge on any atom is -0.353 e. The zero-order valence-electron chi connectivity index (χ0n) is 14.9. The van der Waals surface area contributed by atoms with E-state index in [9.17, 15) is 18.0 Å². The SMILES string of the molecule is CC1Cc2ccccc2N1C(=O)c1cc(Nc2ccc(F)c(F)c2F)ccn1. The Bertz CT molecular complexity index is 1070. The molecule has 0 saturated heterocycles. The molecule has 1 aromatic heterocycles. The number of para-hydroxylation sites is 1. The maximum absolute atomic E-state index is 13.9. The molecule has 4 rings (SSSR count). The molecule has 0 aliphatic carbocycles. The zero-order chi connectivity index (χ0) is 19.8. The summed E-state index contributed by atoms with van der Waals surface area (Å²) in [6.07, 6.45) is 2.15. The lowest BCUT2D eigenvalue weighted by Gasteiger charge is -2.22. The first-order valence-corrected chi connectivity index (χ1v) is 8.73. The largest absolute Gasteiger partial charge is 0.353 e. The van der Waals surface area contributed by atoms with Crippen molar-refractivity contribution in [3.63, 3.8) is 0 Å². The van der Waals surface area contributed by atoms with E-state index < -0.39 is 17.5 Å². The highest BCUT2D eigenvalue weighted by Crippen LogP contribution is 2.33. The van der Waals surface area contributed by atoms with E-state index in [-0.39, 0.29) is 23.3 Å². The van der Waals surface area contributed by atoms with Gasteiger partial charge in [0.05, 0.1) is 5.69 Å². The van der Waals surface area contributed by atoms with Crippen molar-refractivity contribution in [1.29, 1.82) is 0 Å². The number of anilines is 3. The first-order chi connectivity index (χ1) is 13.5. The highest BCUT2D eigenvalue weighted by molar-refractivity contribution is 6.07. The molecule has 4 nitrogen and oxygen atoms in total. The van der Waals surface area contributed by atoms with E-state index in [1.165, 1.54) is 18.3 Å². The lowest BCUT2D eigenvalue weighted by Crippen LogP contribution is -2.36. The Labute approximate surface area is 159 Å². The first kappa shape index (κ1) is 18.0. The number of nitrogens with zero attached hydrogens (tertiary/aromatic N) is 2. The van der Waals surface area contributed by atoms with Gasteiger partial charge in [0.1, 0.15) is 5.69 Å². The van der Waals surface area contributed by atoms with Crippen LogP contribution in [0, 0.1) is 17.5 Å². The molecule has 142 valence electrons. The van der Waals surface area contributed by atoms with Crippen molar-refractivity contribution in [3.8, 4) is 0 Å². The Morgan fingerprint density at radius 3 is 2.71 bits per heavy atom. The average Bonchev–Trinajstić information content (AvgIpc) is 3.04. The van der Waals surface area contributed by atoms with Crippen LogP contribution in [0.5, 0.6) is 0 Å². The molecule has 0 saturated carbocycles. The molecule has 1 unspecified atom stereocenters. The number of aromatic nitrogens is 1. The number of nitrogens with one attached hydrogen (secondary N) is 1. The summed E-state index contributed by atoms with van der Waals surface area (Å²) in [5.74, 6) is -4.44. The first-order valence-electron chi connectivity index (χ1n) is 8.73. The molecule has 1 amide bonds. The number of pyridine rings is 1. The average molecular weight is 383 g/mol. The molecule has 0 radical (unpaired) electrons. The maximum Gasteiger partial charge on any atom is 0.277 e. The third-order valence-electron chi connectivity index (χ3n) is 4.72. The lowest BCUT2D eigenvalue weighted by atomic mass is 10.1. The summed E-state index contributed by atoms with van der Waals surface area (Å²) in [4.78, 5) is 18.9. The summed E-state index contributed by atoms with van der Waals surface area (Å²) in [7, 11) is 0. The minimum atomic E-state index is -1.56. The number of benzene rings is 2. The molecule has 2 heterocycles. The van der Waals surface area contributed by atoms with Gasteiger partial charge in [-0.25, -0.2) is 13.2 Å². The van der Waals surface area contributed by atoms with Crippen LogP contribution in [-0.2, 0) is 6.42 Å². The minimum absolute atomic E-state index is 0.0213. The molecule has 7 heteroatoms. The van der Waals surface area contributed by atoms with E-state index >= 15 is 0 Å². The second-order valence-corrected chi connectivity index (χ2v) is 6.63. The van der Waals surface area contributed by atoms with Gasteiger partial charge >= 0.3 is 0 Å². The van der Waals surface area contributed by atoms with Crippen molar-refractivity contribution < 1.29 is 18.0 Å². The van der Waals surface area contributed by atoms with Gasteiger partial charge in [0, 0.05) is 23.6 Å². The van der Waals surface area contributed by atoms with Gasteiger partial charge in [0.25, 0.3) is 5.91 Å². The molecule has 0 bridgehead atoms. The van der Waals surface area contributed by atoms with Crippen molar-refractivity contribution in [2.24, 2.45) is 0 Å². The van der Waals surface area contributed by atoms with E-state index in [0.717, 1.165) is 29.8 Å². The summed E-state index contributed by atoms with van der Waals surface area (Å²) in [5, 5.41) is 2.66. The monoisotopic (exact) mass is 383 g/mol.